The van der Waals surface area contributed by atoms with Crippen molar-refractivity contribution >= 4 is 29.7 Å². The lowest BCUT2D eigenvalue weighted by Crippen LogP contribution is -2.32. The van der Waals surface area contributed by atoms with Crippen LogP contribution in [0.3, 0.4) is 0 Å². The van der Waals surface area contributed by atoms with Gasteiger partial charge in [-0.3, -0.25) is 9.59 Å². The number of hydrogen-bond acceptors (Lipinski definition) is 4. The van der Waals surface area contributed by atoms with Crippen molar-refractivity contribution in [2.24, 2.45) is 11.7 Å². The van der Waals surface area contributed by atoms with Crippen LogP contribution in [-0.4, -0.2) is 23.6 Å². The minimum absolute atomic E-state index is 0. The number of halogens is 1. The maximum absolute atomic E-state index is 11.6. The number of nitrogens with one attached hydrogen (secondary N) is 1. The van der Waals surface area contributed by atoms with Crippen molar-refractivity contribution in [2.45, 2.75) is 33.7 Å². The standard InChI is InChI=1S/C12H21N3O2S.ClH/c1-8(6-13)7-14-11(16)4-5-15-9(2)10(3)18-12(15)17;/h8H,4-7,13H2,1-3H3,(H,14,16);1H. The molecule has 0 aliphatic heterocycles. The predicted octanol–water partition coefficient (Wildman–Crippen LogP) is 1.05. The summed E-state index contributed by atoms with van der Waals surface area (Å²) in [7, 11) is 0. The summed E-state index contributed by atoms with van der Waals surface area (Å²) in [5, 5.41) is 2.82. The number of nitrogens with two attached hydrogens (primary N) is 1. The number of amides is 1. The average molecular weight is 308 g/mol. The van der Waals surface area contributed by atoms with E-state index >= 15 is 0 Å². The van der Waals surface area contributed by atoms with Gasteiger partial charge in [-0.1, -0.05) is 18.3 Å². The van der Waals surface area contributed by atoms with Crippen LogP contribution in [0.2, 0.25) is 0 Å². The third-order valence-corrected chi connectivity index (χ3v) is 3.98. The summed E-state index contributed by atoms with van der Waals surface area (Å²) in [5.41, 5.74) is 6.42. The van der Waals surface area contributed by atoms with Crippen molar-refractivity contribution < 1.29 is 4.79 Å². The fraction of sp³-hybridized carbons (Fsp3) is 0.667. The van der Waals surface area contributed by atoms with Gasteiger partial charge < -0.3 is 15.6 Å². The fourth-order valence-electron chi connectivity index (χ4n) is 1.52. The Labute approximate surface area is 123 Å². The third-order valence-electron chi connectivity index (χ3n) is 2.99. The van der Waals surface area contributed by atoms with Crippen LogP contribution >= 0.6 is 23.7 Å². The van der Waals surface area contributed by atoms with Crippen LogP contribution in [0.5, 0.6) is 0 Å². The van der Waals surface area contributed by atoms with E-state index in [1.165, 1.54) is 11.3 Å². The van der Waals surface area contributed by atoms with E-state index in [-0.39, 0.29) is 29.1 Å². The maximum Gasteiger partial charge on any atom is 0.307 e. The zero-order valence-corrected chi connectivity index (χ0v) is 13.2. The number of aryl methyl sites for hydroxylation is 1. The maximum atomic E-state index is 11.6. The van der Waals surface area contributed by atoms with E-state index in [1.54, 1.807) is 4.57 Å². The van der Waals surface area contributed by atoms with Gasteiger partial charge in [0.1, 0.15) is 0 Å². The Bertz CT molecular complexity index is 470. The molecule has 0 bridgehead atoms. The molecule has 5 nitrogen and oxygen atoms in total. The number of thiazole rings is 1. The van der Waals surface area contributed by atoms with Crippen molar-refractivity contribution in [1.82, 2.24) is 9.88 Å². The Hall–Kier alpha value is -0.850. The monoisotopic (exact) mass is 307 g/mol. The molecule has 0 radical (unpaired) electrons. The smallest absolute Gasteiger partial charge is 0.307 e. The van der Waals surface area contributed by atoms with E-state index in [0.717, 1.165) is 10.6 Å². The number of carbonyl (C=O) groups excluding carboxylic acids is 1. The first-order valence-electron chi connectivity index (χ1n) is 6.09. The van der Waals surface area contributed by atoms with Gasteiger partial charge in [0.25, 0.3) is 0 Å². The molecule has 1 rings (SSSR count). The van der Waals surface area contributed by atoms with Gasteiger partial charge in [-0.15, -0.1) is 12.4 Å². The molecule has 1 unspecified atom stereocenters. The molecule has 0 saturated carbocycles. The van der Waals surface area contributed by atoms with Crippen LogP contribution < -0.4 is 15.9 Å². The summed E-state index contributed by atoms with van der Waals surface area (Å²) >= 11 is 1.23. The van der Waals surface area contributed by atoms with Crippen molar-refractivity contribution in [1.29, 1.82) is 0 Å². The molecule has 0 spiro atoms. The van der Waals surface area contributed by atoms with Gasteiger partial charge in [0.2, 0.25) is 5.91 Å². The zero-order valence-electron chi connectivity index (χ0n) is 11.6. The van der Waals surface area contributed by atoms with Crippen molar-refractivity contribution in [3.63, 3.8) is 0 Å². The van der Waals surface area contributed by atoms with Crippen molar-refractivity contribution in [3.05, 3.63) is 20.2 Å². The van der Waals surface area contributed by atoms with E-state index in [2.05, 4.69) is 5.32 Å². The normalized spacial score (nSPS) is 11.8. The van der Waals surface area contributed by atoms with Crippen molar-refractivity contribution in [3.8, 4) is 0 Å². The molecular formula is C12H22ClN3O2S. The summed E-state index contributed by atoms with van der Waals surface area (Å²) in [6.07, 6.45) is 0.328. The molecule has 0 saturated heterocycles. The number of nitrogens with zero attached hydrogens (tertiary/aromatic N) is 1. The topological polar surface area (TPSA) is 77.1 Å². The van der Waals surface area contributed by atoms with E-state index in [4.69, 9.17) is 5.73 Å². The predicted molar refractivity (Wildman–Crippen MR) is 81.1 cm³/mol. The Kier molecular flexibility index (Phi) is 7.97. The number of hydrogen-bond donors (Lipinski definition) is 2. The summed E-state index contributed by atoms with van der Waals surface area (Å²) in [5.74, 6) is 0.243. The number of aromatic nitrogens is 1. The van der Waals surface area contributed by atoms with Gasteiger partial charge in [0.15, 0.2) is 0 Å². The molecule has 110 valence electrons. The highest BCUT2D eigenvalue weighted by Gasteiger charge is 2.09. The van der Waals surface area contributed by atoms with E-state index in [0.29, 0.717) is 26.1 Å². The second-order valence-corrected chi connectivity index (χ2v) is 5.72. The lowest BCUT2D eigenvalue weighted by atomic mass is 10.2. The molecule has 0 aromatic carbocycles. The van der Waals surface area contributed by atoms with Gasteiger partial charge in [-0.05, 0) is 26.3 Å². The molecule has 1 amide bonds. The van der Waals surface area contributed by atoms with Gasteiger partial charge >= 0.3 is 4.87 Å². The van der Waals surface area contributed by atoms with Crippen LogP contribution in [0.1, 0.15) is 23.9 Å². The molecular weight excluding hydrogens is 286 g/mol. The SMILES string of the molecule is Cc1sc(=O)n(CCC(=O)NCC(C)CN)c1C.Cl. The Morgan fingerprint density at radius 2 is 2.11 bits per heavy atom. The van der Waals surface area contributed by atoms with Gasteiger partial charge in [0, 0.05) is 30.1 Å². The lowest BCUT2D eigenvalue weighted by molar-refractivity contribution is -0.121. The Morgan fingerprint density at radius 1 is 1.47 bits per heavy atom. The molecule has 3 N–H and O–H groups in total. The largest absolute Gasteiger partial charge is 0.356 e. The quantitative estimate of drug-likeness (QED) is 0.824. The second kappa shape index (κ2) is 8.35. The first kappa shape index (κ1) is 18.1. The summed E-state index contributed by atoms with van der Waals surface area (Å²) in [6, 6.07) is 0. The molecule has 1 aromatic rings. The van der Waals surface area contributed by atoms with Crippen LogP contribution in [0.25, 0.3) is 0 Å². The van der Waals surface area contributed by atoms with Gasteiger partial charge in [0.05, 0.1) is 0 Å². The van der Waals surface area contributed by atoms with Crippen molar-refractivity contribution in [2.75, 3.05) is 13.1 Å². The van der Waals surface area contributed by atoms with Gasteiger partial charge in [-0.25, -0.2) is 0 Å². The molecule has 0 aliphatic carbocycles. The molecule has 7 heteroatoms. The lowest BCUT2D eigenvalue weighted by Gasteiger charge is -2.10. The zero-order chi connectivity index (χ0) is 13.7. The molecule has 0 aliphatic rings. The van der Waals surface area contributed by atoms with E-state index in [9.17, 15) is 9.59 Å². The number of rotatable bonds is 6. The van der Waals surface area contributed by atoms with Crippen LogP contribution in [0, 0.1) is 19.8 Å². The molecule has 1 aromatic heterocycles. The summed E-state index contributed by atoms with van der Waals surface area (Å²) < 4.78 is 1.66. The Balaban J connectivity index is 0.00000324. The average Bonchev–Trinajstić information content (AvgIpc) is 2.58. The fourth-order valence-corrected chi connectivity index (χ4v) is 2.38. The molecule has 19 heavy (non-hydrogen) atoms. The minimum Gasteiger partial charge on any atom is -0.356 e. The molecule has 1 atom stereocenters. The summed E-state index contributed by atoms with van der Waals surface area (Å²) in [4.78, 5) is 24.2. The highest BCUT2D eigenvalue weighted by molar-refractivity contribution is 7.09. The Morgan fingerprint density at radius 3 is 2.58 bits per heavy atom. The second-order valence-electron chi connectivity index (χ2n) is 4.56. The first-order chi connectivity index (χ1) is 8.45. The highest BCUT2D eigenvalue weighted by Crippen LogP contribution is 2.09. The first-order valence-corrected chi connectivity index (χ1v) is 6.91. The van der Waals surface area contributed by atoms with E-state index in [1.807, 2.05) is 20.8 Å². The van der Waals surface area contributed by atoms with Crippen LogP contribution in [0.4, 0.5) is 0 Å². The van der Waals surface area contributed by atoms with Crippen LogP contribution in [0.15, 0.2) is 4.79 Å². The minimum atomic E-state index is -0.0366. The molecule has 0 fully saturated rings. The third kappa shape index (κ3) is 5.34. The number of carbonyl (C=O) groups is 1. The van der Waals surface area contributed by atoms with Gasteiger partial charge in [-0.2, -0.15) is 0 Å². The molecule has 1 heterocycles. The summed E-state index contributed by atoms with van der Waals surface area (Å²) in [6.45, 7) is 7.39. The highest BCUT2D eigenvalue weighted by atomic mass is 35.5. The van der Waals surface area contributed by atoms with E-state index < -0.39 is 0 Å². The van der Waals surface area contributed by atoms with Crippen LogP contribution in [-0.2, 0) is 11.3 Å².